The first-order chi connectivity index (χ1) is 14.5. The highest BCUT2D eigenvalue weighted by molar-refractivity contribution is 5.95. The van der Waals surface area contributed by atoms with Crippen molar-refractivity contribution in [1.82, 2.24) is 9.88 Å². The van der Waals surface area contributed by atoms with Crippen molar-refractivity contribution in [3.05, 3.63) is 53.7 Å². The molecule has 0 saturated carbocycles. The summed E-state index contributed by atoms with van der Waals surface area (Å²) in [5, 5.41) is 10.9. The summed E-state index contributed by atoms with van der Waals surface area (Å²) in [6.45, 7) is 8.96. The van der Waals surface area contributed by atoms with E-state index in [2.05, 4.69) is 20.9 Å². The van der Waals surface area contributed by atoms with Gasteiger partial charge in [0.1, 0.15) is 5.82 Å². The van der Waals surface area contributed by atoms with Crippen LogP contribution in [0.15, 0.2) is 42.6 Å². The summed E-state index contributed by atoms with van der Waals surface area (Å²) in [7, 11) is 0. The zero-order chi connectivity index (χ0) is 21.1. The summed E-state index contributed by atoms with van der Waals surface area (Å²) < 4.78 is 0. The van der Waals surface area contributed by atoms with E-state index in [1.165, 1.54) is 5.56 Å². The number of aliphatic hydroxyl groups excluding tert-OH is 1. The molecule has 0 bridgehead atoms. The predicted molar refractivity (Wildman–Crippen MR) is 120 cm³/mol. The molecule has 160 valence electrons. The van der Waals surface area contributed by atoms with Crippen molar-refractivity contribution in [2.24, 2.45) is 5.92 Å². The van der Waals surface area contributed by atoms with Crippen LogP contribution < -0.4 is 9.80 Å². The Morgan fingerprint density at radius 2 is 1.90 bits per heavy atom. The van der Waals surface area contributed by atoms with E-state index in [1.54, 1.807) is 0 Å². The lowest BCUT2D eigenvalue weighted by atomic mass is 9.96. The molecule has 4 rings (SSSR count). The Hall–Kier alpha value is -2.44. The largest absolute Gasteiger partial charge is 0.387 e. The molecule has 0 radical (unpaired) electrons. The molecule has 1 aromatic heterocycles. The number of anilines is 2. The number of β-amino-alcohol motifs (C(OH)–C–C–N with tert-alkyl or cyclic N) is 1. The van der Waals surface area contributed by atoms with Gasteiger partial charge in [-0.1, -0.05) is 32.0 Å². The smallest absolute Gasteiger partial charge is 0.229 e. The van der Waals surface area contributed by atoms with Gasteiger partial charge in [0.2, 0.25) is 5.91 Å². The normalized spacial score (nSPS) is 18.4. The van der Waals surface area contributed by atoms with Crippen LogP contribution in [0.25, 0.3) is 0 Å². The number of aromatic nitrogens is 1. The molecule has 0 aliphatic carbocycles. The third kappa shape index (κ3) is 4.50. The Balaban J connectivity index is 1.38. The van der Waals surface area contributed by atoms with E-state index in [0.717, 1.165) is 62.6 Å². The van der Waals surface area contributed by atoms with Gasteiger partial charge < -0.3 is 14.9 Å². The fourth-order valence-corrected chi connectivity index (χ4v) is 4.42. The first-order valence-corrected chi connectivity index (χ1v) is 11.0. The second-order valence-electron chi connectivity index (χ2n) is 8.63. The minimum Gasteiger partial charge on any atom is -0.387 e. The molecule has 30 heavy (non-hydrogen) atoms. The summed E-state index contributed by atoms with van der Waals surface area (Å²) in [6, 6.07) is 12.1. The first-order valence-electron chi connectivity index (χ1n) is 11.0. The zero-order valence-corrected chi connectivity index (χ0v) is 18.0. The lowest BCUT2D eigenvalue weighted by Crippen LogP contribution is -2.47. The number of piperazine rings is 1. The zero-order valence-electron chi connectivity index (χ0n) is 18.0. The van der Waals surface area contributed by atoms with E-state index < -0.39 is 6.10 Å². The van der Waals surface area contributed by atoms with Crippen LogP contribution in [-0.2, 0) is 11.2 Å². The number of rotatable bonds is 5. The topological polar surface area (TPSA) is 59.9 Å². The monoisotopic (exact) mass is 408 g/mol. The van der Waals surface area contributed by atoms with Gasteiger partial charge in [-0.05, 0) is 42.2 Å². The number of carbonyl (C=O) groups is 1. The van der Waals surface area contributed by atoms with Crippen LogP contribution in [0.4, 0.5) is 11.5 Å². The molecule has 1 aromatic carbocycles. The van der Waals surface area contributed by atoms with Crippen LogP contribution in [0.5, 0.6) is 0 Å². The summed E-state index contributed by atoms with van der Waals surface area (Å²) in [6.07, 6.45) is 3.24. The molecule has 6 nitrogen and oxygen atoms in total. The van der Waals surface area contributed by atoms with Crippen LogP contribution in [0.2, 0.25) is 0 Å². The predicted octanol–water partition coefficient (Wildman–Crippen LogP) is 2.87. The van der Waals surface area contributed by atoms with E-state index in [-0.39, 0.29) is 11.8 Å². The molecule has 1 atom stereocenters. The van der Waals surface area contributed by atoms with Crippen LogP contribution >= 0.6 is 0 Å². The molecule has 2 aromatic rings. The molecule has 3 heterocycles. The number of aliphatic hydroxyl groups is 1. The number of aryl methyl sites for hydroxylation is 1. The standard InChI is InChI=1S/C24H32N4O2/c1-18(2)24(30)28-11-5-6-19-16-20(8-9-21(19)28)22(29)17-26-12-14-27(15-13-26)23-7-3-4-10-25-23/h3-4,7-10,16,18,22,29H,5-6,11-15,17H2,1-2H3/t22-/m1/s1. The van der Waals surface area contributed by atoms with Gasteiger partial charge in [-0.25, -0.2) is 4.98 Å². The van der Waals surface area contributed by atoms with Gasteiger partial charge in [0, 0.05) is 57.1 Å². The van der Waals surface area contributed by atoms with Crippen molar-refractivity contribution in [1.29, 1.82) is 0 Å². The highest BCUT2D eigenvalue weighted by Gasteiger charge is 2.26. The van der Waals surface area contributed by atoms with E-state index in [4.69, 9.17) is 0 Å². The van der Waals surface area contributed by atoms with Crippen LogP contribution in [-0.4, -0.2) is 60.2 Å². The quantitative estimate of drug-likeness (QED) is 0.824. The molecule has 0 spiro atoms. The van der Waals surface area contributed by atoms with Crippen molar-refractivity contribution in [2.45, 2.75) is 32.8 Å². The maximum atomic E-state index is 12.5. The molecule has 6 heteroatoms. The van der Waals surface area contributed by atoms with Gasteiger partial charge >= 0.3 is 0 Å². The number of pyridine rings is 1. The average Bonchev–Trinajstić information content (AvgIpc) is 2.78. The summed E-state index contributed by atoms with van der Waals surface area (Å²) >= 11 is 0. The Kier molecular flexibility index (Phi) is 6.35. The van der Waals surface area contributed by atoms with Crippen LogP contribution in [0.3, 0.4) is 0 Å². The van der Waals surface area contributed by atoms with E-state index in [0.29, 0.717) is 6.54 Å². The molecule has 1 N–H and O–H groups in total. The van der Waals surface area contributed by atoms with Gasteiger partial charge in [0.25, 0.3) is 0 Å². The Labute approximate surface area is 179 Å². The minimum absolute atomic E-state index is 0.00836. The first kappa shape index (κ1) is 20.8. The van der Waals surface area contributed by atoms with Crippen LogP contribution in [0.1, 0.15) is 37.5 Å². The maximum absolute atomic E-state index is 12.5. The fourth-order valence-electron chi connectivity index (χ4n) is 4.42. The van der Waals surface area contributed by atoms with Gasteiger partial charge in [-0.3, -0.25) is 9.69 Å². The number of amides is 1. The lowest BCUT2D eigenvalue weighted by Gasteiger charge is -2.36. The SMILES string of the molecule is CC(C)C(=O)N1CCCc2cc([C@H](O)CN3CCN(c4ccccn4)CC3)ccc21. The molecule has 1 saturated heterocycles. The second-order valence-corrected chi connectivity index (χ2v) is 8.63. The molecule has 1 amide bonds. The Morgan fingerprint density at radius 1 is 1.10 bits per heavy atom. The van der Waals surface area contributed by atoms with Crippen molar-refractivity contribution >= 4 is 17.4 Å². The summed E-state index contributed by atoms with van der Waals surface area (Å²) in [5.41, 5.74) is 3.13. The van der Waals surface area contributed by atoms with Gasteiger partial charge in [0.15, 0.2) is 0 Å². The van der Waals surface area contributed by atoms with E-state index in [1.807, 2.05) is 55.3 Å². The van der Waals surface area contributed by atoms with E-state index in [9.17, 15) is 9.90 Å². The number of benzene rings is 1. The minimum atomic E-state index is -0.520. The third-order valence-electron chi connectivity index (χ3n) is 6.14. The summed E-state index contributed by atoms with van der Waals surface area (Å²) in [4.78, 5) is 23.5. The van der Waals surface area contributed by atoms with Crippen molar-refractivity contribution in [3.8, 4) is 0 Å². The molecule has 0 unspecified atom stereocenters. The average molecular weight is 409 g/mol. The van der Waals surface area contributed by atoms with Gasteiger partial charge in [-0.2, -0.15) is 0 Å². The van der Waals surface area contributed by atoms with Crippen molar-refractivity contribution in [2.75, 3.05) is 49.1 Å². The molecule has 2 aliphatic heterocycles. The van der Waals surface area contributed by atoms with Crippen LogP contribution in [0, 0.1) is 5.92 Å². The molecule has 2 aliphatic rings. The highest BCUT2D eigenvalue weighted by atomic mass is 16.3. The lowest BCUT2D eigenvalue weighted by molar-refractivity contribution is -0.121. The Morgan fingerprint density at radius 3 is 2.60 bits per heavy atom. The maximum Gasteiger partial charge on any atom is 0.229 e. The third-order valence-corrected chi connectivity index (χ3v) is 6.14. The van der Waals surface area contributed by atoms with Gasteiger partial charge in [-0.15, -0.1) is 0 Å². The number of nitrogens with zero attached hydrogens (tertiary/aromatic N) is 4. The Bertz CT molecular complexity index is 863. The van der Waals surface area contributed by atoms with Crippen molar-refractivity contribution in [3.63, 3.8) is 0 Å². The highest BCUT2D eigenvalue weighted by Crippen LogP contribution is 2.31. The number of carbonyl (C=O) groups excluding carboxylic acids is 1. The second kappa shape index (κ2) is 9.14. The fraction of sp³-hybridized carbons (Fsp3) is 0.500. The molecular formula is C24H32N4O2. The van der Waals surface area contributed by atoms with Crippen molar-refractivity contribution < 1.29 is 9.90 Å². The molecule has 1 fully saturated rings. The van der Waals surface area contributed by atoms with Gasteiger partial charge in [0.05, 0.1) is 6.10 Å². The molecular weight excluding hydrogens is 376 g/mol. The number of hydrogen-bond donors (Lipinski definition) is 1. The van der Waals surface area contributed by atoms with E-state index >= 15 is 0 Å². The number of hydrogen-bond acceptors (Lipinski definition) is 5. The number of fused-ring (bicyclic) bond motifs is 1. The summed E-state index contributed by atoms with van der Waals surface area (Å²) in [5.74, 6) is 1.19.